The highest BCUT2D eigenvalue weighted by molar-refractivity contribution is 6.00. The number of hydrogen-bond acceptors (Lipinski definition) is 15. The highest BCUT2D eigenvalue weighted by Crippen LogP contribution is 2.45. The van der Waals surface area contributed by atoms with E-state index in [0.717, 1.165) is 5.39 Å². The van der Waals surface area contributed by atoms with Gasteiger partial charge in [0.25, 0.3) is 0 Å². The molecule has 0 aromatic carbocycles. The average molecular weight is 826 g/mol. The lowest BCUT2D eigenvalue weighted by Crippen LogP contribution is -2.65. The van der Waals surface area contributed by atoms with Crippen LogP contribution in [0.3, 0.4) is 0 Å². The number of carbonyl (C=O) groups excluding carboxylic acids is 4. The van der Waals surface area contributed by atoms with Gasteiger partial charge in [-0.05, 0) is 67.1 Å². The number of fused-ring (bicyclic) bond motifs is 2. The first-order valence-electron chi connectivity index (χ1n) is 20.9. The molecule has 326 valence electrons. The zero-order valence-corrected chi connectivity index (χ0v) is 36.3. The van der Waals surface area contributed by atoms with Crippen LogP contribution in [0.4, 0.5) is 4.79 Å². The number of cyclic esters (lactones) is 1. The van der Waals surface area contributed by atoms with E-state index in [2.05, 4.69) is 14.9 Å². The van der Waals surface area contributed by atoms with Crippen molar-refractivity contribution in [3.8, 4) is 5.75 Å². The van der Waals surface area contributed by atoms with Gasteiger partial charge >= 0.3 is 12.1 Å². The van der Waals surface area contributed by atoms with Crippen molar-refractivity contribution < 1.29 is 53.1 Å². The summed E-state index contributed by atoms with van der Waals surface area (Å²) in [6.45, 7) is 15.1. The summed E-state index contributed by atoms with van der Waals surface area (Å²) in [6.07, 6.45) is 0.468. The Balaban J connectivity index is 1.33. The summed E-state index contributed by atoms with van der Waals surface area (Å²) in [7, 11) is 5.22. The molecule has 0 spiro atoms. The number of ether oxygens (including phenoxy) is 5. The van der Waals surface area contributed by atoms with Crippen LogP contribution in [0.5, 0.6) is 5.75 Å². The number of rotatable bonds is 8. The van der Waals surface area contributed by atoms with Crippen LogP contribution in [-0.2, 0) is 44.6 Å². The Bertz CT molecular complexity index is 1890. The summed E-state index contributed by atoms with van der Waals surface area (Å²) in [6, 6.07) is 0.273. The fraction of sp³-hybridized carbons (Fsp3) is 0.721. The molecule has 0 aliphatic carbocycles. The van der Waals surface area contributed by atoms with E-state index in [0.29, 0.717) is 37.1 Å². The van der Waals surface area contributed by atoms with E-state index in [1.165, 1.54) is 20.2 Å². The largest absolute Gasteiger partial charge is 0.506 e. The molecule has 1 amide bonds. The maximum absolute atomic E-state index is 14.8. The van der Waals surface area contributed by atoms with Crippen molar-refractivity contribution in [1.82, 2.24) is 24.7 Å². The quantitative estimate of drug-likeness (QED) is 0.289. The molecule has 0 radical (unpaired) electrons. The third kappa shape index (κ3) is 8.32. The van der Waals surface area contributed by atoms with Gasteiger partial charge in [-0.25, -0.2) is 4.79 Å². The zero-order chi connectivity index (χ0) is 43.3. The number of likely N-dealkylation sites (tertiary alicyclic amines) is 1. The van der Waals surface area contributed by atoms with Gasteiger partial charge in [-0.15, -0.1) is 0 Å². The van der Waals surface area contributed by atoms with E-state index in [1.807, 2.05) is 25.9 Å². The topological polar surface area (TPSA) is 190 Å². The minimum absolute atomic E-state index is 0.0431. The molecule has 59 heavy (non-hydrogen) atoms. The third-order valence-corrected chi connectivity index (χ3v) is 13.6. The Morgan fingerprint density at radius 1 is 1.02 bits per heavy atom. The third-order valence-electron chi connectivity index (χ3n) is 13.6. The molecule has 4 aliphatic rings. The molecule has 0 saturated carbocycles. The predicted octanol–water partition coefficient (Wildman–Crippen LogP) is 3.72. The molecule has 2 aromatic rings. The van der Waals surface area contributed by atoms with Gasteiger partial charge in [0.05, 0.1) is 41.6 Å². The number of aromatic nitrogens is 2. The van der Waals surface area contributed by atoms with Crippen molar-refractivity contribution in [2.24, 2.45) is 23.7 Å². The van der Waals surface area contributed by atoms with Crippen molar-refractivity contribution in [3.05, 3.63) is 30.2 Å². The molecule has 6 heterocycles. The molecule has 4 aliphatic heterocycles. The molecule has 4 fully saturated rings. The lowest BCUT2D eigenvalue weighted by molar-refractivity contribution is -0.295. The Kier molecular flexibility index (Phi) is 13.1. The van der Waals surface area contributed by atoms with E-state index < -0.39 is 83.4 Å². The summed E-state index contributed by atoms with van der Waals surface area (Å²) >= 11 is 0. The maximum atomic E-state index is 14.8. The molecular weight excluding hydrogens is 762 g/mol. The lowest BCUT2D eigenvalue weighted by Gasteiger charge is -2.48. The van der Waals surface area contributed by atoms with Gasteiger partial charge in [-0.1, -0.05) is 27.7 Å². The van der Waals surface area contributed by atoms with E-state index in [4.69, 9.17) is 23.7 Å². The second kappa shape index (κ2) is 17.3. The first-order chi connectivity index (χ1) is 27.8. The summed E-state index contributed by atoms with van der Waals surface area (Å²) in [4.78, 5) is 71.5. The number of esters is 1. The standard InChI is InChI=1S/C43H63N5O11/c1-12-33-43(8)37(48(41(54)59-43)27-19-47(20-27)21-29-28-17-44-14-13-30(28)45-18-32(29)49)24(4)34(50)22(2)16-42(7,55-11)38(25(5)35(51)26(6)39(53)57-33)58-40-36(52)31(46(9)10)15-23(3)56-40/h13-14,17-18,22-27,31,33,36-38,40,49,52H,12,15-16,19-21H2,1-11H3/t22-,23-,24+,25+,26-,31+,33-,36-,37-,38-,40+,42-,43-/m1/s1. The molecule has 0 bridgehead atoms. The monoisotopic (exact) mass is 825 g/mol. The van der Waals surface area contributed by atoms with Crippen LogP contribution >= 0.6 is 0 Å². The van der Waals surface area contributed by atoms with E-state index in [-0.39, 0.29) is 42.6 Å². The number of Topliss-reactive ketones (excluding diaryl/α,β-unsaturated/α-hetero) is 2. The Morgan fingerprint density at radius 3 is 2.36 bits per heavy atom. The Hall–Kier alpha value is -3.80. The number of pyridine rings is 2. The van der Waals surface area contributed by atoms with Crippen LogP contribution in [0.25, 0.3) is 10.9 Å². The fourth-order valence-electron chi connectivity index (χ4n) is 10.1. The van der Waals surface area contributed by atoms with Gasteiger partial charge in [0.15, 0.2) is 17.7 Å². The Labute approximate surface area is 346 Å². The summed E-state index contributed by atoms with van der Waals surface area (Å²) in [5, 5.41) is 22.9. The molecule has 4 saturated heterocycles. The highest BCUT2D eigenvalue weighted by Gasteiger charge is 2.62. The number of aliphatic hydroxyl groups excluding tert-OH is 1. The second-order valence-corrected chi connectivity index (χ2v) is 18.0. The predicted molar refractivity (Wildman–Crippen MR) is 215 cm³/mol. The van der Waals surface area contributed by atoms with Crippen LogP contribution in [0.2, 0.25) is 0 Å². The maximum Gasteiger partial charge on any atom is 0.411 e. The first-order valence-corrected chi connectivity index (χ1v) is 20.9. The van der Waals surface area contributed by atoms with E-state index >= 15 is 0 Å². The molecule has 16 heteroatoms. The lowest BCUT2D eigenvalue weighted by atomic mass is 9.73. The summed E-state index contributed by atoms with van der Waals surface area (Å²) in [5.74, 6) is -5.09. The van der Waals surface area contributed by atoms with Gasteiger partial charge < -0.3 is 38.8 Å². The zero-order valence-electron chi connectivity index (χ0n) is 36.3. The normalized spacial score (nSPS) is 38.2. The molecule has 16 nitrogen and oxygen atoms in total. The molecular formula is C43H63N5O11. The van der Waals surface area contributed by atoms with Gasteiger partial charge in [0, 0.05) is 73.9 Å². The average Bonchev–Trinajstić information content (AvgIpc) is 3.45. The van der Waals surface area contributed by atoms with Crippen LogP contribution in [0.1, 0.15) is 80.2 Å². The smallest absolute Gasteiger partial charge is 0.411 e. The van der Waals surface area contributed by atoms with Crippen LogP contribution in [0, 0.1) is 23.7 Å². The van der Waals surface area contributed by atoms with Crippen molar-refractivity contribution in [1.29, 1.82) is 0 Å². The van der Waals surface area contributed by atoms with Gasteiger partial charge in [0.2, 0.25) is 0 Å². The number of aromatic hydroxyl groups is 1. The minimum atomic E-state index is -1.45. The van der Waals surface area contributed by atoms with Crippen molar-refractivity contribution in [3.63, 3.8) is 0 Å². The van der Waals surface area contributed by atoms with Gasteiger partial charge in [-0.2, -0.15) is 0 Å². The van der Waals surface area contributed by atoms with Crippen molar-refractivity contribution in [2.45, 2.75) is 141 Å². The molecule has 0 unspecified atom stereocenters. The number of ketones is 2. The minimum Gasteiger partial charge on any atom is -0.506 e. The van der Waals surface area contributed by atoms with Crippen molar-refractivity contribution >= 4 is 34.5 Å². The molecule has 2 aromatic heterocycles. The summed E-state index contributed by atoms with van der Waals surface area (Å²) in [5.41, 5.74) is -1.38. The summed E-state index contributed by atoms with van der Waals surface area (Å²) < 4.78 is 31.3. The second-order valence-electron chi connectivity index (χ2n) is 18.0. The number of nitrogens with zero attached hydrogens (tertiary/aromatic N) is 5. The number of carbonyl (C=O) groups is 4. The van der Waals surface area contributed by atoms with Crippen LogP contribution in [0.15, 0.2) is 24.7 Å². The first kappa shape index (κ1) is 44.7. The van der Waals surface area contributed by atoms with Crippen molar-refractivity contribution in [2.75, 3.05) is 34.3 Å². The van der Waals surface area contributed by atoms with Crippen LogP contribution < -0.4 is 0 Å². The van der Waals surface area contributed by atoms with Crippen LogP contribution in [-0.4, -0.2) is 153 Å². The van der Waals surface area contributed by atoms with Gasteiger partial charge in [-0.3, -0.25) is 34.2 Å². The number of likely N-dealkylation sites (N-methyl/N-ethyl adjacent to an activating group) is 1. The van der Waals surface area contributed by atoms with Gasteiger partial charge in [0.1, 0.15) is 29.7 Å². The number of amides is 1. The fourth-order valence-corrected chi connectivity index (χ4v) is 10.1. The number of methoxy groups -OCH3 is 1. The Morgan fingerprint density at radius 2 is 1.71 bits per heavy atom. The number of aliphatic hydroxyl groups is 1. The number of hydrogen-bond donors (Lipinski definition) is 2. The molecule has 6 rings (SSSR count). The molecule has 2 N–H and O–H groups in total. The highest BCUT2D eigenvalue weighted by atomic mass is 16.7. The van der Waals surface area contributed by atoms with E-state index in [1.54, 1.807) is 64.9 Å². The SMILES string of the molecule is CC[C@H]1OC(=O)[C@H](C)C(=O)[C@H](C)[C@@H](O[C@@H]2O[C@H](C)C[C@H](N(C)C)[C@H]2O)[C@](C)(OC)C[C@@H](C)C(=O)[C@H](C)[C@H]2N(C3CN(Cc4c(O)cnc5ccncc45)C3)C(=O)O[C@]12C. The molecule has 13 atom stereocenters. The van der Waals surface area contributed by atoms with E-state index in [9.17, 15) is 29.4 Å².